The molecule has 0 saturated carbocycles. The largest absolute Gasteiger partial charge is 0.399 e. The van der Waals surface area contributed by atoms with Gasteiger partial charge in [-0.25, -0.2) is 8.42 Å². The third-order valence-electron chi connectivity index (χ3n) is 10.5. The molecular formula is C41H73N7O9S. The van der Waals surface area contributed by atoms with Crippen LogP contribution in [-0.4, -0.2) is 144 Å². The molecule has 8 unspecified atom stereocenters. The van der Waals surface area contributed by atoms with Gasteiger partial charge in [0, 0.05) is 39.9 Å². The summed E-state index contributed by atoms with van der Waals surface area (Å²) in [6, 6.07) is 4.04. The molecule has 5 N–H and O–H groups in total. The fourth-order valence-electron chi connectivity index (χ4n) is 7.51. The van der Waals surface area contributed by atoms with Gasteiger partial charge in [0.05, 0.1) is 55.5 Å². The van der Waals surface area contributed by atoms with Gasteiger partial charge in [-0.3, -0.25) is 33.6 Å². The van der Waals surface area contributed by atoms with Gasteiger partial charge >= 0.3 is 0 Å². The van der Waals surface area contributed by atoms with E-state index in [2.05, 4.69) is 24.5 Å². The number of anilines is 1. The Morgan fingerprint density at radius 3 is 2.00 bits per heavy atom. The number of methoxy groups -OCH3 is 2. The van der Waals surface area contributed by atoms with Crippen LogP contribution < -0.4 is 21.1 Å². The molecule has 1 fully saturated rings. The molecule has 1 saturated heterocycles. The topological polar surface area (TPSA) is 210 Å². The highest BCUT2D eigenvalue weighted by Crippen LogP contribution is 2.29. The van der Waals surface area contributed by atoms with Crippen molar-refractivity contribution in [2.75, 3.05) is 60.4 Å². The minimum Gasteiger partial charge on any atom is -0.399 e. The molecule has 1 heterocycles. The van der Waals surface area contributed by atoms with Crippen molar-refractivity contribution in [1.82, 2.24) is 30.1 Å². The number of nitrogens with one attached hydrogen (secondary N) is 3. The fraction of sp³-hybridized carbons (Fsp3) is 0.732. The molecule has 58 heavy (non-hydrogen) atoms. The van der Waals surface area contributed by atoms with Crippen LogP contribution in [0.15, 0.2) is 24.3 Å². The van der Waals surface area contributed by atoms with Crippen LogP contribution in [0, 0.1) is 17.8 Å². The van der Waals surface area contributed by atoms with Crippen LogP contribution in [0.5, 0.6) is 0 Å². The Kier molecular flexibility index (Phi) is 22.5. The molecule has 1 aliphatic heterocycles. The number of ether oxygens (including phenoxy) is 2. The second-order valence-electron chi connectivity index (χ2n) is 16.0. The number of rotatable bonds is 21. The minimum atomic E-state index is -3.92. The molecule has 0 radical (unpaired) electrons. The molecule has 0 aromatic heterocycles. The smallest absolute Gasteiger partial charge is 0.256 e. The van der Waals surface area contributed by atoms with E-state index in [9.17, 15) is 32.4 Å². The number of nitrogen functional groups attached to an aromatic ring is 1. The molecule has 1 aromatic carbocycles. The van der Waals surface area contributed by atoms with Crippen LogP contribution in [-0.2, 0) is 49.9 Å². The number of hydrogen-bond donors (Lipinski definition) is 4. The van der Waals surface area contributed by atoms with E-state index in [1.807, 2.05) is 51.4 Å². The fourth-order valence-corrected chi connectivity index (χ4v) is 8.01. The van der Waals surface area contributed by atoms with Crippen molar-refractivity contribution in [3.8, 4) is 0 Å². The molecule has 17 heteroatoms. The summed E-state index contributed by atoms with van der Waals surface area (Å²) in [5.41, 5.74) is 6.95. The summed E-state index contributed by atoms with van der Waals surface area (Å²) in [5.74, 6) is -3.11. The summed E-state index contributed by atoms with van der Waals surface area (Å²) < 4.78 is 37.5. The Bertz CT molecular complexity index is 1570. The zero-order chi connectivity index (χ0) is 44.5. The second kappa shape index (κ2) is 25.0. The van der Waals surface area contributed by atoms with E-state index in [1.165, 1.54) is 20.6 Å². The van der Waals surface area contributed by atoms with Gasteiger partial charge in [-0.15, -0.1) is 0 Å². The monoisotopic (exact) mass is 840 g/mol. The standard InChI is InChI=1S/C38H65N7O9S.C3H8/c1-12-24(4)34(44(8)32(47)22-40-38(50)33(23(2)3)43(6)7)30(53-9)21-31(46)45-19-13-14-29(45)35(54-10)25(5)36(48)41-28(37(49)42-55(11,51)52)20-26-15-17-27(39)18-16-26;1-3-2/h15-18,23-25,28-30,33-35H,12-14,19-22,39H2,1-11H3,(H,40,50)(H,41,48)(H,42,49);3H2,1-2H3. The van der Waals surface area contributed by atoms with Crippen molar-refractivity contribution < 1.29 is 41.9 Å². The lowest BCUT2D eigenvalue weighted by Gasteiger charge is -2.39. The zero-order valence-corrected chi connectivity index (χ0v) is 38.0. The highest BCUT2D eigenvalue weighted by molar-refractivity contribution is 7.89. The summed E-state index contributed by atoms with van der Waals surface area (Å²) in [6.07, 6.45) is 2.53. The van der Waals surface area contributed by atoms with E-state index in [-0.39, 0.29) is 48.9 Å². The van der Waals surface area contributed by atoms with Crippen molar-refractivity contribution in [2.45, 2.75) is 123 Å². The van der Waals surface area contributed by atoms with Gasteiger partial charge in [0.15, 0.2) is 0 Å². The lowest BCUT2D eigenvalue weighted by atomic mass is 9.90. The molecule has 0 aliphatic carbocycles. The quantitative estimate of drug-likeness (QED) is 0.132. The molecule has 332 valence electrons. The van der Waals surface area contributed by atoms with Gasteiger partial charge < -0.3 is 35.6 Å². The number of amides is 5. The van der Waals surface area contributed by atoms with Crippen LogP contribution >= 0.6 is 0 Å². The van der Waals surface area contributed by atoms with Gasteiger partial charge in [-0.2, -0.15) is 0 Å². The van der Waals surface area contributed by atoms with Crippen LogP contribution in [0.3, 0.4) is 0 Å². The average Bonchev–Trinajstić information content (AvgIpc) is 3.63. The Balaban J connectivity index is 0.00000542. The van der Waals surface area contributed by atoms with Gasteiger partial charge in [0.2, 0.25) is 33.7 Å². The molecule has 16 nitrogen and oxygen atoms in total. The van der Waals surface area contributed by atoms with Crippen LogP contribution in [0.4, 0.5) is 5.69 Å². The summed E-state index contributed by atoms with van der Waals surface area (Å²) in [4.78, 5) is 72.4. The first-order valence-corrected chi connectivity index (χ1v) is 22.2. The summed E-state index contributed by atoms with van der Waals surface area (Å²) in [6.45, 7) is 14.0. The van der Waals surface area contributed by atoms with Gasteiger partial charge in [0.25, 0.3) is 5.91 Å². The van der Waals surface area contributed by atoms with Crippen molar-refractivity contribution in [3.63, 3.8) is 0 Å². The molecule has 1 aromatic rings. The average molecular weight is 840 g/mol. The van der Waals surface area contributed by atoms with E-state index in [4.69, 9.17) is 15.2 Å². The number of likely N-dealkylation sites (N-methyl/N-ethyl adjacent to an activating group) is 2. The molecule has 5 amide bonds. The highest BCUT2D eigenvalue weighted by Gasteiger charge is 2.42. The maximum Gasteiger partial charge on any atom is 0.256 e. The number of carbonyl (C=O) groups excluding carboxylic acids is 5. The molecule has 8 atom stereocenters. The lowest BCUT2D eigenvalue weighted by molar-refractivity contribution is -0.146. The van der Waals surface area contributed by atoms with Gasteiger partial charge in [-0.05, 0) is 56.5 Å². The maximum absolute atomic E-state index is 14.1. The van der Waals surface area contributed by atoms with E-state index >= 15 is 0 Å². The second-order valence-corrected chi connectivity index (χ2v) is 17.7. The zero-order valence-electron chi connectivity index (χ0n) is 37.2. The number of likely N-dealkylation sites (tertiary alicyclic amines) is 1. The number of nitrogens with two attached hydrogens (primary N) is 1. The predicted octanol–water partition coefficient (Wildman–Crippen LogP) is 2.41. The summed E-state index contributed by atoms with van der Waals surface area (Å²) in [5, 5.41) is 5.48. The number of sulfonamides is 1. The first kappa shape index (κ1) is 52.2. The van der Waals surface area contributed by atoms with Crippen molar-refractivity contribution in [1.29, 1.82) is 0 Å². The van der Waals surface area contributed by atoms with Crippen LogP contribution in [0.1, 0.15) is 86.1 Å². The van der Waals surface area contributed by atoms with Crippen LogP contribution in [0.2, 0.25) is 0 Å². The molecule has 2 rings (SSSR count). The third kappa shape index (κ3) is 16.1. The normalized spacial score (nSPS) is 17.8. The Morgan fingerprint density at radius 1 is 0.931 bits per heavy atom. The van der Waals surface area contributed by atoms with E-state index in [0.717, 1.165) is 6.26 Å². The molecule has 0 bridgehead atoms. The van der Waals surface area contributed by atoms with Gasteiger partial charge in [0.1, 0.15) is 6.04 Å². The van der Waals surface area contributed by atoms with Crippen molar-refractivity contribution in [3.05, 3.63) is 29.8 Å². The Morgan fingerprint density at radius 2 is 1.52 bits per heavy atom. The summed E-state index contributed by atoms with van der Waals surface area (Å²) >= 11 is 0. The highest BCUT2D eigenvalue weighted by atomic mass is 32.2. The first-order valence-electron chi connectivity index (χ1n) is 20.3. The van der Waals surface area contributed by atoms with Crippen molar-refractivity contribution in [2.24, 2.45) is 17.8 Å². The maximum atomic E-state index is 14.1. The van der Waals surface area contributed by atoms with Crippen molar-refractivity contribution >= 4 is 45.2 Å². The first-order chi connectivity index (χ1) is 27.1. The SMILES string of the molecule is CCC.CCC(C)C(C(CC(=O)N1CCCC1C(OC)C(C)C(=O)NC(Cc1ccc(N)cc1)C(=O)NS(C)(=O)=O)OC)N(C)C(=O)CNC(=O)C(C(C)C)N(C)C. The molecule has 0 spiro atoms. The van der Waals surface area contributed by atoms with Crippen LogP contribution in [0.25, 0.3) is 0 Å². The minimum absolute atomic E-state index is 0.000591. The lowest BCUT2D eigenvalue weighted by Crippen LogP contribution is -2.56. The Hall–Kier alpha value is -3.80. The van der Waals surface area contributed by atoms with E-state index in [0.29, 0.717) is 37.1 Å². The number of benzene rings is 1. The number of hydrogen-bond acceptors (Lipinski definition) is 11. The molecule has 1 aliphatic rings. The third-order valence-corrected chi connectivity index (χ3v) is 11.1. The summed E-state index contributed by atoms with van der Waals surface area (Å²) in [7, 11) is 4.33. The number of carbonyl (C=O) groups is 5. The van der Waals surface area contributed by atoms with Gasteiger partial charge in [-0.1, -0.05) is 73.4 Å². The number of nitrogens with zero attached hydrogens (tertiary/aromatic N) is 3. The van der Waals surface area contributed by atoms with E-state index < -0.39 is 64.1 Å². The molecular weight excluding hydrogens is 767 g/mol. The van der Waals surface area contributed by atoms with E-state index in [1.54, 1.807) is 48.0 Å². The predicted molar refractivity (Wildman–Crippen MR) is 227 cm³/mol. The Labute approximate surface area is 347 Å².